The van der Waals surface area contributed by atoms with E-state index in [1.54, 1.807) is 0 Å². The minimum absolute atomic E-state index is 0.0134. The molecule has 0 amide bonds. The molecule has 0 radical (unpaired) electrons. The monoisotopic (exact) mass is 216 g/mol. The number of aldehydes is 1. The molecule has 1 aromatic rings. The maximum absolute atomic E-state index is 12.9. The summed E-state index contributed by atoms with van der Waals surface area (Å²) in [6.45, 7) is 0. The molecule has 0 aromatic heterocycles. The van der Waals surface area contributed by atoms with E-state index in [0.29, 0.717) is 0 Å². The lowest BCUT2D eigenvalue weighted by atomic mass is 10.1. The third kappa shape index (κ3) is 2.38. The zero-order chi connectivity index (χ0) is 10.8. The van der Waals surface area contributed by atoms with Gasteiger partial charge in [0.1, 0.15) is 0 Å². The maximum Gasteiger partial charge on any atom is 0.180 e. The average Bonchev–Trinajstić information content (AvgIpc) is 2.15. The summed E-state index contributed by atoms with van der Waals surface area (Å²) >= 11 is 0. The van der Waals surface area contributed by atoms with Crippen molar-refractivity contribution in [3.05, 3.63) is 29.8 Å². The van der Waals surface area contributed by atoms with Gasteiger partial charge in [0.25, 0.3) is 0 Å². The van der Waals surface area contributed by atoms with Gasteiger partial charge in [-0.15, -0.1) is 0 Å². The molecule has 0 saturated carbocycles. The molecule has 0 fully saturated rings. The maximum atomic E-state index is 12.9. The quantitative estimate of drug-likeness (QED) is 0.715. The van der Waals surface area contributed by atoms with Gasteiger partial charge in [-0.3, -0.25) is 4.79 Å². The second-order valence-electron chi connectivity index (χ2n) is 2.88. The molecule has 0 aliphatic rings. The number of benzene rings is 1. The van der Waals surface area contributed by atoms with Crippen LogP contribution in [0.3, 0.4) is 0 Å². The number of hydrogen-bond acceptors (Lipinski definition) is 3. The van der Waals surface area contributed by atoms with Crippen LogP contribution in [0.1, 0.15) is 11.7 Å². The normalized spacial score (nSPS) is 13.6. The summed E-state index contributed by atoms with van der Waals surface area (Å²) < 4.78 is 35.0. The molecule has 1 aromatic carbocycles. The number of sulfone groups is 1. The van der Waals surface area contributed by atoms with Gasteiger partial charge in [0, 0.05) is 6.26 Å². The third-order valence-electron chi connectivity index (χ3n) is 1.72. The van der Waals surface area contributed by atoms with Crippen LogP contribution in [0.15, 0.2) is 29.2 Å². The summed E-state index contributed by atoms with van der Waals surface area (Å²) in [6.07, 6.45) is -0.613. The predicted molar refractivity (Wildman–Crippen MR) is 49.5 cm³/mol. The van der Waals surface area contributed by atoms with E-state index in [1.165, 1.54) is 18.2 Å². The van der Waals surface area contributed by atoms with E-state index in [9.17, 15) is 17.6 Å². The minimum Gasteiger partial charge on any atom is -0.300 e. The van der Waals surface area contributed by atoms with Gasteiger partial charge in [0.2, 0.25) is 0 Å². The predicted octanol–water partition coefficient (Wildman–Crippen LogP) is 1.30. The highest BCUT2D eigenvalue weighted by Crippen LogP contribution is 2.18. The molecular formula is C9H9FO3S. The second kappa shape index (κ2) is 3.88. The van der Waals surface area contributed by atoms with Crippen LogP contribution < -0.4 is 0 Å². The lowest BCUT2D eigenvalue weighted by Crippen LogP contribution is -1.99. The number of carbonyl (C=O) groups is 1. The first-order valence-corrected chi connectivity index (χ1v) is 5.73. The van der Waals surface area contributed by atoms with E-state index in [1.807, 2.05) is 0 Å². The van der Waals surface area contributed by atoms with Gasteiger partial charge in [0.05, 0.1) is 4.90 Å². The summed E-state index contributed by atoms with van der Waals surface area (Å²) in [5.41, 5.74) is 0.0583. The highest BCUT2D eigenvalue weighted by Gasteiger charge is 2.12. The molecule has 5 heteroatoms. The molecule has 0 bridgehead atoms. The fraction of sp³-hybridized carbons (Fsp3) is 0.222. The van der Waals surface area contributed by atoms with Crippen molar-refractivity contribution in [1.29, 1.82) is 0 Å². The largest absolute Gasteiger partial charge is 0.300 e. The average molecular weight is 216 g/mol. The summed E-state index contributed by atoms with van der Waals surface area (Å²) in [5, 5.41) is 0. The molecule has 0 spiro atoms. The Morgan fingerprint density at radius 3 is 2.57 bits per heavy atom. The van der Waals surface area contributed by atoms with E-state index in [-0.39, 0.29) is 16.7 Å². The topological polar surface area (TPSA) is 51.2 Å². The molecule has 1 unspecified atom stereocenters. The minimum atomic E-state index is -3.35. The van der Waals surface area contributed by atoms with Gasteiger partial charge in [-0.1, -0.05) is 12.1 Å². The van der Waals surface area contributed by atoms with Crippen LogP contribution in [0.5, 0.6) is 0 Å². The van der Waals surface area contributed by atoms with Gasteiger partial charge in [-0.2, -0.15) is 0 Å². The second-order valence-corrected chi connectivity index (χ2v) is 4.90. The van der Waals surface area contributed by atoms with Crippen molar-refractivity contribution in [1.82, 2.24) is 0 Å². The van der Waals surface area contributed by atoms with Crippen LogP contribution in [0.25, 0.3) is 0 Å². The SMILES string of the molecule is CS(=O)(=O)c1cccc(C(F)C=O)c1. The van der Waals surface area contributed by atoms with E-state index in [4.69, 9.17) is 0 Å². The Hall–Kier alpha value is -1.23. The van der Waals surface area contributed by atoms with Crippen molar-refractivity contribution in [2.24, 2.45) is 0 Å². The van der Waals surface area contributed by atoms with Crippen LogP contribution >= 0.6 is 0 Å². The Morgan fingerprint density at radius 2 is 2.07 bits per heavy atom. The Balaban J connectivity index is 3.20. The molecule has 14 heavy (non-hydrogen) atoms. The highest BCUT2D eigenvalue weighted by molar-refractivity contribution is 7.90. The van der Waals surface area contributed by atoms with Crippen molar-refractivity contribution >= 4 is 16.1 Å². The first-order chi connectivity index (χ1) is 6.45. The zero-order valence-electron chi connectivity index (χ0n) is 7.48. The number of hydrogen-bond donors (Lipinski definition) is 0. The van der Waals surface area contributed by atoms with Crippen LogP contribution in [0.2, 0.25) is 0 Å². The van der Waals surface area contributed by atoms with Crippen molar-refractivity contribution < 1.29 is 17.6 Å². The number of rotatable bonds is 3. The Bertz CT molecular complexity index is 439. The summed E-state index contributed by atoms with van der Waals surface area (Å²) in [7, 11) is -3.35. The molecule has 1 atom stereocenters. The third-order valence-corrected chi connectivity index (χ3v) is 2.83. The van der Waals surface area contributed by atoms with Crippen LogP contribution in [-0.2, 0) is 14.6 Å². The Morgan fingerprint density at radius 1 is 1.43 bits per heavy atom. The van der Waals surface area contributed by atoms with Crippen LogP contribution in [-0.4, -0.2) is 21.0 Å². The number of halogens is 1. The van der Waals surface area contributed by atoms with E-state index in [2.05, 4.69) is 0 Å². The Labute approximate surface area is 81.5 Å². The molecule has 0 N–H and O–H groups in total. The smallest absolute Gasteiger partial charge is 0.180 e. The van der Waals surface area contributed by atoms with Gasteiger partial charge in [-0.25, -0.2) is 12.8 Å². The van der Waals surface area contributed by atoms with Crippen molar-refractivity contribution in [3.8, 4) is 0 Å². The lowest BCUT2D eigenvalue weighted by Gasteiger charge is -2.03. The van der Waals surface area contributed by atoms with Gasteiger partial charge in [0.15, 0.2) is 22.3 Å². The molecule has 76 valence electrons. The van der Waals surface area contributed by atoms with E-state index in [0.717, 1.165) is 12.3 Å². The first kappa shape index (κ1) is 10.8. The summed E-state index contributed by atoms with van der Waals surface area (Å²) in [4.78, 5) is 10.2. The standard InChI is InChI=1S/C9H9FO3S/c1-14(12,13)8-4-2-3-7(5-8)9(10)6-11/h2-6,9H,1H3. The number of alkyl halides is 1. The number of carbonyl (C=O) groups excluding carboxylic acids is 1. The molecule has 1 rings (SSSR count). The Kier molecular flexibility index (Phi) is 3.00. The van der Waals surface area contributed by atoms with E-state index < -0.39 is 16.0 Å². The van der Waals surface area contributed by atoms with Crippen molar-refractivity contribution in [2.75, 3.05) is 6.26 Å². The summed E-state index contributed by atoms with van der Waals surface area (Å²) in [6, 6.07) is 5.29. The molecule has 0 aliphatic carbocycles. The molecule has 3 nitrogen and oxygen atoms in total. The fourth-order valence-corrected chi connectivity index (χ4v) is 1.67. The molecular weight excluding hydrogens is 207 g/mol. The van der Waals surface area contributed by atoms with Crippen LogP contribution in [0.4, 0.5) is 4.39 Å². The van der Waals surface area contributed by atoms with Crippen LogP contribution in [0, 0.1) is 0 Å². The highest BCUT2D eigenvalue weighted by atomic mass is 32.2. The van der Waals surface area contributed by atoms with Crippen molar-refractivity contribution in [2.45, 2.75) is 11.1 Å². The molecule has 0 aliphatic heterocycles. The molecule has 0 heterocycles. The zero-order valence-corrected chi connectivity index (χ0v) is 8.29. The molecule has 0 saturated heterocycles. The lowest BCUT2D eigenvalue weighted by molar-refractivity contribution is -0.112. The first-order valence-electron chi connectivity index (χ1n) is 3.84. The van der Waals surface area contributed by atoms with Crippen molar-refractivity contribution in [3.63, 3.8) is 0 Å². The summed E-state index contributed by atoms with van der Waals surface area (Å²) in [5.74, 6) is 0. The van der Waals surface area contributed by atoms with E-state index >= 15 is 0 Å². The van der Waals surface area contributed by atoms with Gasteiger partial charge >= 0.3 is 0 Å². The van der Waals surface area contributed by atoms with Gasteiger partial charge < -0.3 is 0 Å². The fourth-order valence-electron chi connectivity index (χ4n) is 0.995. The van der Waals surface area contributed by atoms with Gasteiger partial charge in [-0.05, 0) is 17.7 Å².